The molecular formula is C16H14FNO3. The van der Waals surface area contributed by atoms with Crippen LogP contribution in [-0.4, -0.2) is 23.5 Å². The Morgan fingerprint density at radius 2 is 1.76 bits per heavy atom. The molecule has 2 N–H and O–H groups in total. The molecule has 0 saturated carbocycles. The number of benzene rings is 2. The highest BCUT2D eigenvalue weighted by Crippen LogP contribution is 2.06. The van der Waals surface area contributed by atoms with Crippen molar-refractivity contribution in [2.45, 2.75) is 6.42 Å². The van der Waals surface area contributed by atoms with Gasteiger partial charge in [-0.05, 0) is 42.3 Å². The Morgan fingerprint density at radius 1 is 1.05 bits per heavy atom. The van der Waals surface area contributed by atoms with Gasteiger partial charge < -0.3 is 10.4 Å². The highest BCUT2D eigenvalue weighted by Gasteiger charge is 2.06. The molecule has 2 aromatic carbocycles. The van der Waals surface area contributed by atoms with Crippen molar-refractivity contribution in [2.24, 2.45) is 0 Å². The number of rotatable bonds is 5. The summed E-state index contributed by atoms with van der Waals surface area (Å²) in [5.41, 5.74) is 1.28. The molecule has 21 heavy (non-hydrogen) atoms. The van der Waals surface area contributed by atoms with Crippen LogP contribution in [-0.2, 0) is 6.42 Å². The van der Waals surface area contributed by atoms with Gasteiger partial charge in [-0.15, -0.1) is 0 Å². The zero-order chi connectivity index (χ0) is 15.2. The minimum atomic E-state index is -0.986. The van der Waals surface area contributed by atoms with Gasteiger partial charge in [0.15, 0.2) is 0 Å². The molecule has 0 spiro atoms. The van der Waals surface area contributed by atoms with E-state index < -0.39 is 11.8 Å². The smallest absolute Gasteiger partial charge is 0.335 e. The second-order valence-corrected chi connectivity index (χ2v) is 4.52. The number of carboxylic acid groups (broad SMARTS) is 1. The van der Waals surface area contributed by atoms with E-state index in [0.29, 0.717) is 13.0 Å². The largest absolute Gasteiger partial charge is 0.478 e. The number of hydrogen-bond acceptors (Lipinski definition) is 2. The number of halogens is 1. The van der Waals surface area contributed by atoms with Crippen LogP contribution in [0.1, 0.15) is 26.3 Å². The van der Waals surface area contributed by atoms with Crippen LogP contribution >= 0.6 is 0 Å². The molecule has 0 bridgehead atoms. The quantitative estimate of drug-likeness (QED) is 0.888. The number of aromatic carboxylic acids is 1. The van der Waals surface area contributed by atoms with E-state index in [1.165, 1.54) is 30.3 Å². The molecule has 1 amide bonds. The van der Waals surface area contributed by atoms with E-state index in [1.807, 2.05) is 0 Å². The summed E-state index contributed by atoms with van der Waals surface area (Å²) in [5, 5.41) is 11.6. The lowest BCUT2D eigenvalue weighted by molar-refractivity contribution is 0.0696. The minimum absolute atomic E-state index is 0.212. The third kappa shape index (κ3) is 4.14. The number of amides is 1. The standard InChI is InChI=1S/C16H14FNO3/c17-14-6-2-4-12(10-14)15(19)18-8-7-11-3-1-5-13(9-11)16(20)21/h1-6,9-10H,7-8H2,(H,18,19)(H,20,21). The molecule has 0 atom stereocenters. The maximum atomic E-state index is 13.0. The Balaban J connectivity index is 1.91. The van der Waals surface area contributed by atoms with Gasteiger partial charge in [0.2, 0.25) is 0 Å². The summed E-state index contributed by atoms with van der Waals surface area (Å²) < 4.78 is 13.0. The molecule has 0 aliphatic heterocycles. The Labute approximate surface area is 121 Å². The maximum Gasteiger partial charge on any atom is 0.335 e. The molecular weight excluding hydrogens is 273 g/mol. The molecule has 0 aliphatic carbocycles. The Hall–Kier alpha value is -2.69. The predicted molar refractivity (Wildman–Crippen MR) is 75.8 cm³/mol. The molecule has 0 aliphatic rings. The van der Waals surface area contributed by atoms with E-state index in [4.69, 9.17) is 5.11 Å². The van der Waals surface area contributed by atoms with E-state index in [0.717, 1.165) is 5.56 Å². The van der Waals surface area contributed by atoms with Crippen molar-refractivity contribution in [3.05, 3.63) is 71.0 Å². The van der Waals surface area contributed by atoms with Crippen molar-refractivity contribution in [1.82, 2.24) is 5.32 Å². The number of hydrogen-bond donors (Lipinski definition) is 2. The second-order valence-electron chi connectivity index (χ2n) is 4.52. The van der Waals surface area contributed by atoms with E-state index >= 15 is 0 Å². The lowest BCUT2D eigenvalue weighted by Crippen LogP contribution is -2.25. The fourth-order valence-corrected chi connectivity index (χ4v) is 1.91. The first-order chi connectivity index (χ1) is 10.1. The van der Waals surface area contributed by atoms with Gasteiger partial charge in [-0.25, -0.2) is 9.18 Å². The number of nitrogens with one attached hydrogen (secondary N) is 1. The van der Waals surface area contributed by atoms with Crippen LogP contribution in [0.15, 0.2) is 48.5 Å². The summed E-state index contributed by atoms with van der Waals surface area (Å²) in [6.07, 6.45) is 0.502. The van der Waals surface area contributed by atoms with Gasteiger partial charge in [0, 0.05) is 12.1 Å². The number of carboxylic acids is 1. The first kappa shape index (κ1) is 14.7. The third-order valence-electron chi connectivity index (χ3n) is 2.96. The first-order valence-electron chi connectivity index (χ1n) is 6.42. The highest BCUT2D eigenvalue weighted by molar-refractivity contribution is 5.94. The normalized spacial score (nSPS) is 10.1. The summed E-state index contributed by atoms with van der Waals surface area (Å²) in [5.74, 6) is -1.80. The molecule has 5 heteroatoms. The van der Waals surface area contributed by atoms with Crippen molar-refractivity contribution < 1.29 is 19.1 Å². The van der Waals surface area contributed by atoms with E-state index in [2.05, 4.69) is 5.32 Å². The summed E-state index contributed by atoms with van der Waals surface area (Å²) in [6.45, 7) is 0.346. The van der Waals surface area contributed by atoms with Crippen LogP contribution in [0.2, 0.25) is 0 Å². The lowest BCUT2D eigenvalue weighted by Gasteiger charge is -2.06. The van der Waals surface area contributed by atoms with Gasteiger partial charge in [-0.3, -0.25) is 4.79 Å². The fourth-order valence-electron chi connectivity index (χ4n) is 1.91. The van der Waals surface area contributed by atoms with Gasteiger partial charge in [0.25, 0.3) is 5.91 Å². The van der Waals surface area contributed by atoms with E-state index in [-0.39, 0.29) is 17.0 Å². The zero-order valence-electron chi connectivity index (χ0n) is 11.2. The predicted octanol–water partition coefficient (Wildman–Crippen LogP) is 2.50. The molecule has 4 nitrogen and oxygen atoms in total. The van der Waals surface area contributed by atoms with Crippen molar-refractivity contribution >= 4 is 11.9 Å². The number of carbonyl (C=O) groups is 2. The van der Waals surface area contributed by atoms with Crippen LogP contribution in [0.4, 0.5) is 4.39 Å². The molecule has 0 radical (unpaired) electrons. The minimum Gasteiger partial charge on any atom is -0.478 e. The van der Waals surface area contributed by atoms with Crippen LogP contribution in [0.3, 0.4) is 0 Å². The maximum absolute atomic E-state index is 13.0. The molecule has 0 fully saturated rings. The third-order valence-corrected chi connectivity index (χ3v) is 2.96. The summed E-state index contributed by atoms with van der Waals surface area (Å²) in [4.78, 5) is 22.6. The Morgan fingerprint density at radius 3 is 2.48 bits per heavy atom. The van der Waals surface area contributed by atoms with Crippen LogP contribution in [0.25, 0.3) is 0 Å². The second kappa shape index (κ2) is 6.65. The monoisotopic (exact) mass is 287 g/mol. The lowest BCUT2D eigenvalue weighted by atomic mass is 10.1. The molecule has 108 valence electrons. The van der Waals surface area contributed by atoms with Gasteiger partial charge >= 0.3 is 5.97 Å². The average molecular weight is 287 g/mol. The van der Waals surface area contributed by atoms with Gasteiger partial charge in [0.05, 0.1) is 5.56 Å². The highest BCUT2D eigenvalue weighted by atomic mass is 19.1. The summed E-state index contributed by atoms with van der Waals surface area (Å²) in [6, 6.07) is 12.0. The van der Waals surface area contributed by atoms with Crippen molar-refractivity contribution in [3.63, 3.8) is 0 Å². The van der Waals surface area contributed by atoms with Crippen LogP contribution in [0.5, 0.6) is 0 Å². The zero-order valence-corrected chi connectivity index (χ0v) is 11.2. The van der Waals surface area contributed by atoms with Crippen molar-refractivity contribution in [1.29, 1.82) is 0 Å². The number of carbonyl (C=O) groups excluding carboxylic acids is 1. The molecule has 2 rings (SSSR count). The fraction of sp³-hybridized carbons (Fsp3) is 0.125. The first-order valence-corrected chi connectivity index (χ1v) is 6.42. The molecule has 0 unspecified atom stereocenters. The van der Waals surface area contributed by atoms with Crippen molar-refractivity contribution in [3.8, 4) is 0 Å². The van der Waals surface area contributed by atoms with E-state index in [9.17, 15) is 14.0 Å². The summed E-state index contributed by atoms with van der Waals surface area (Å²) >= 11 is 0. The Bertz CT molecular complexity index is 670. The molecule has 0 aromatic heterocycles. The van der Waals surface area contributed by atoms with Crippen molar-refractivity contribution in [2.75, 3.05) is 6.54 Å². The molecule has 0 saturated heterocycles. The van der Waals surface area contributed by atoms with Crippen LogP contribution < -0.4 is 5.32 Å². The average Bonchev–Trinajstić information content (AvgIpc) is 2.47. The van der Waals surface area contributed by atoms with Gasteiger partial charge in [0.1, 0.15) is 5.82 Å². The summed E-state index contributed by atoms with van der Waals surface area (Å²) in [7, 11) is 0. The topological polar surface area (TPSA) is 66.4 Å². The van der Waals surface area contributed by atoms with Gasteiger partial charge in [-0.2, -0.15) is 0 Å². The van der Waals surface area contributed by atoms with Gasteiger partial charge in [-0.1, -0.05) is 18.2 Å². The Kier molecular flexibility index (Phi) is 4.66. The molecule has 0 heterocycles. The molecule has 2 aromatic rings. The van der Waals surface area contributed by atoms with Crippen LogP contribution in [0, 0.1) is 5.82 Å². The SMILES string of the molecule is O=C(O)c1cccc(CCNC(=O)c2cccc(F)c2)c1. The van der Waals surface area contributed by atoms with E-state index in [1.54, 1.807) is 18.2 Å².